The molecule has 2 heterocycles. The summed E-state index contributed by atoms with van der Waals surface area (Å²) < 4.78 is 28.3. The molecule has 104 valence electrons. The molecule has 6 nitrogen and oxygen atoms in total. The van der Waals surface area contributed by atoms with Gasteiger partial charge in [-0.05, 0) is 31.5 Å². The first-order chi connectivity index (χ1) is 9.12. The van der Waals surface area contributed by atoms with E-state index in [4.69, 9.17) is 0 Å². The van der Waals surface area contributed by atoms with Gasteiger partial charge in [0, 0.05) is 18.1 Å². The highest BCUT2D eigenvalue weighted by molar-refractivity contribution is 7.92. The molecule has 0 radical (unpaired) electrons. The lowest BCUT2D eigenvalue weighted by Gasteiger charge is -2.03. The molecule has 19 heavy (non-hydrogen) atoms. The predicted octanol–water partition coefficient (Wildman–Crippen LogP) is 1.35. The van der Waals surface area contributed by atoms with Crippen molar-refractivity contribution in [1.82, 2.24) is 15.1 Å². The fraction of sp³-hybridized carbons (Fsp3) is 0.364. The molecule has 0 aliphatic carbocycles. The van der Waals surface area contributed by atoms with E-state index in [0.29, 0.717) is 12.2 Å². The third-order valence-electron chi connectivity index (χ3n) is 2.51. The van der Waals surface area contributed by atoms with E-state index < -0.39 is 10.0 Å². The number of aryl methyl sites for hydroxylation is 1. The molecule has 8 heteroatoms. The Morgan fingerprint density at radius 3 is 3.00 bits per heavy atom. The summed E-state index contributed by atoms with van der Waals surface area (Å²) in [5.74, 6) is 0. The van der Waals surface area contributed by atoms with Crippen LogP contribution >= 0.6 is 11.3 Å². The molecular weight excluding hydrogens is 284 g/mol. The van der Waals surface area contributed by atoms with Gasteiger partial charge >= 0.3 is 0 Å². The van der Waals surface area contributed by atoms with Crippen LogP contribution in [0.3, 0.4) is 0 Å². The van der Waals surface area contributed by atoms with Gasteiger partial charge < -0.3 is 5.32 Å². The summed E-state index contributed by atoms with van der Waals surface area (Å²) in [7, 11) is -1.66. The maximum atomic E-state index is 12.1. The Bertz CT molecular complexity index is 604. The number of hydrogen-bond acceptors (Lipinski definition) is 5. The number of nitrogens with zero attached hydrogens (tertiary/aromatic N) is 2. The molecule has 0 atom stereocenters. The first-order valence-electron chi connectivity index (χ1n) is 5.84. The average Bonchev–Trinajstić information content (AvgIpc) is 3.00. The second kappa shape index (κ2) is 6.18. The molecule has 0 bridgehead atoms. The van der Waals surface area contributed by atoms with Crippen molar-refractivity contribution >= 4 is 27.0 Å². The van der Waals surface area contributed by atoms with Crippen LogP contribution < -0.4 is 10.0 Å². The van der Waals surface area contributed by atoms with Crippen LogP contribution in [0.1, 0.15) is 6.42 Å². The van der Waals surface area contributed by atoms with Crippen LogP contribution in [-0.4, -0.2) is 31.8 Å². The van der Waals surface area contributed by atoms with Gasteiger partial charge in [-0.1, -0.05) is 0 Å². The zero-order chi connectivity index (χ0) is 13.7. The van der Waals surface area contributed by atoms with Crippen molar-refractivity contribution < 1.29 is 8.42 Å². The van der Waals surface area contributed by atoms with E-state index in [1.54, 1.807) is 22.3 Å². The number of hydrogen-bond donors (Lipinski definition) is 2. The molecule has 0 aliphatic rings. The van der Waals surface area contributed by atoms with E-state index in [9.17, 15) is 8.42 Å². The van der Waals surface area contributed by atoms with Crippen LogP contribution in [0.5, 0.6) is 0 Å². The minimum atomic E-state index is -3.54. The summed E-state index contributed by atoms with van der Waals surface area (Å²) in [6.07, 6.45) is 3.81. The third kappa shape index (κ3) is 3.79. The molecule has 0 amide bonds. The third-order valence-corrected chi connectivity index (χ3v) is 4.53. The highest BCUT2D eigenvalue weighted by Gasteiger charge is 2.16. The van der Waals surface area contributed by atoms with Gasteiger partial charge in [-0.25, -0.2) is 8.42 Å². The lowest BCUT2D eigenvalue weighted by molar-refractivity contribution is 0.561. The molecule has 2 rings (SSSR count). The maximum absolute atomic E-state index is 12.1. The van der Waals surface area contributed by atoms with Crippen molar-refractivity contribution in [3.05, 3.63) is 29.2 Å². The molecule has 2 aromatic rings. The molecule has 2 N–H and O–H groups in total. The summed E-state index contributed by atoms with van der Waals surface area (Å²) in [5, 5.41) is 10.7. The van der Waals surface area contributed by atoms with Gasteiger partial charge in [0.15, 0.2) is 0 Å². The van der Waals surface area contributed by atoms with Gasteiger partial charge in [-0.15, -0.1) is 0 Å². The Kier molecular flexibility index (Phi) is 4.56. The van der Waals surface area contributed by atoms with E-state index >= 15 is 0 Å². The lowest BCUT2D eigenvalue weighted by Crippen LogP contribution is -2.12. The molecule has 0 saturated carbocycles. The first-order valence-corrected chi connectivity index (χ1v) is 8.26. The molecule has 2 aromatic heterocycles. The minimum absolute atomic E-state index is 0.183. The predicted molar refractivity (Wildman–Crippen MR) is 75.9 cm³/mol. The summed E-state index contributed by atoms with van der Waals surface area (Å²) in [5.41, 5.74) is 0.577. The van der Waals surface area contributed by atoms with Crippen LogP contribution in [0.15, 0.2) is 34.1 Å². The van der Waals surface area contributed by atoms with Crippen molar-refractivity contribution in [3.8, 4) is 0 Å². The molecule has 0 saturated heterocycles. The topological polar surface area (TPSA) is 76.0 Å². The monoisotopic (exact) mass is 300 g/mol. The zero-order valence-electron chi connectivity index (χ0n) is 10.5. The molecular formula is C11H16N4O2S2. The number of anilines is 1. The van der Waals surface area contributed by atoms with Crippen molar-refractivity contribution in [2.75, 3.05) is 18.3 Å². The summed E-state index contributed by atoms with van der Waals surface area (Å²) in [6, 6.07) is 1.72. The van der Waals surface area contributed by atoms with Crippen molar-refractivity contribution in [3.63, 3.8) is 0 Å². The molecule has 0 unspecified atom stereocenters. The Morgan fingerprint density at radius 2 is 2.32 bits per heavy atom. The number of sulfonamides is 1. The summed E-state index contributed by atoms with van der Waals surface area (Å²) in [6.45, 7) is 1.56. The number of rotatable bonds is 7. The van der Waals surface area contributed by atoms with Crippen LogP contribution in [-0.2, 0) is 16.6 Å². The van der Waals surface area contributed by atoms with Gasteiger partial charge in [0.1, 0.15) is 4.90 Å². The SMILES string of the molecule is CNCCCn1cc(S(=O)(=O)Nc2ccsc2)cn1. The zero-order valence-corrected chi connectivity index (χ0v) is 12.2. The van der Waals surface area contributed by atoms with Gasteiger partial charge in [0.05, 0.1) is 11.9 Å². The average molecular weight is 300 g/mol. The van der Waals surface area contributed by atoms with Gasteiger partial charge in [-0.2, -0.15) is 16.4 Å². The van der Waals surface area contributed by atoms with Crippen molar-refractivity contribution in [1.29, 1.82) is 0 Å². The number of thiophene rings is 1. The highest BCUT2D eigenvalue weighted by atomic mass is 32.2. The van der Waals surface area contributed by atoms with E-state index in [-0.39, 0.29) is 4.90 Å². The Labute approximate surface area is 116 Å². The Balaban J connectivity index is 2.04. The number of aromatic nitrogens is 2. The fourth-order valence-corrected chi connectivity index (χ4v) is 3.22. The quantitative estimate of drug-likeness (QED) is 0.757. The second-order valence-corrected chi connectivity index (χ2v) is 6.48. The standard InChI is InChI=1S/C11H16N4O2S2/c1-12-4-2-5-15-8-11(7-13-15)19(16,17)14-10-3-6-18-9-10/h3,6-9,12,14H,2,4-5H2,1H3. The smallest absolute Gasteiger partial charge is 0.265 e. The highest BCUT2D eigenvalue weighted by Crippen LogP contribution is 2.17. The number of nitrogens with one attached hydrogen (secondary N) is 2. The van der Waals surface area contributed by atoms with E-state index in [1.807, 2.05) is 12.4 Å². The van der Waals surface area contributed by atoms with Crippen LogP contribution in [0, 0.1) is 0 Å². The van der Waals surface area contributed by atoms with Crippen LogP contribution in [0.25, 0.3) is 0 Å². The normalized spacial score (nSPS) is 11.6. The molecule has 0 aromatic carbocycles. The Morgan fingerprint density at radius 1 is 1.47 bits per heavy atom. The minimum Gasteiger partial charge on any atom is -0.320 e. The molecule has 0 aliphatic heterocycles. The molecule has 0 fully saturated rings. The van der Waals surface area contributed by atoms with E-state index in [0.717, 1.165) is 13.0 Å². The van der Waals surface area contributed by atoms with Crippen molar-refractivity contribution in [2.24, 2.45) is 0 Å². The van der Waals surface area contributed by atoms with E-state index in [1.165, 1.54) is 17.5 Å². The van der Waals surface area contributed by atoms with Crippen molar-refractivity contribution in [2.45, 2.75) is 17.9 Å². The fourth-order valence-electron chi connectivity index (χ4n) is 1.56. The van der Waals surface area contributed by atoms with Crippen LogP contribution in [0.4, 0.5) is 5.69 Å². The first kappa shape index (κ1) is 14.0. The summed E-state index contributed by atoms with van der Waals surface area (Å²) in [4.78, 5) is 0.183. The summed E-state index contributed by atoms with van der Waals surface area (Å²) >= 11 is 1.44. The van der Waals surface area contributed by atoms with E-state index in [2.05, 4.69) is 15.1 Å². The second-order valence-electron chi connectivity index (χ2n) is 4.01. The Hall–Kier alpha value is -1.38. The largest absolute Gasteiger partial charge is 0.320 e. The van der Waals surface area contributed by atoms with Gasteiger partial charge in [-0.3, -0.25) is 9.40 Å². The molecule has 0 spiro atoms. The van der Waals surface area contributed by atoms with Gasteiger partial charge in [0.25, 0.3) is 10.0 Å². The van der Waals surface area contributed by atoms with Crippen LogP contribution in [0.2, 0.25) is 0 Å². The van der Waals surface area contributed by atoms with Gasteiger partial charge in [0.2, 0.25) is 0 Å². The maximum Gasteiger partial charge on any atom is 0.265 e. The lowest BCUT2D eigenvalue weighted by atomic mass is 10.4.